The van der Waals surface area contributed by atoms with Crippen LogP contribution in [0.1, 0.15) is 43.2 Å². The lowest BCUT2D eigenvalue weighted by molar-refractivity contribution is -0.134. The van der Waals surface area contributed by atoms with E-state index in [0.717, 1.165) is 43.8 Å². The Hall–Kier alpha value is -3.19. The molecule has 4 aromatic rings. The normalized spacial score (nSPS) is 18.6. The van der Waals surface area contributed by atoms with E-state index in [-0.39, 0.29) is 17.4 Å². The summed E-state index contributed by atoms with van der Waals surface area (Å²) >= 11 is 1.75. The quantitative estimate of drug-likeness (QED) is 0.230. The number of ether oxygens (including phenoxy) is 1. The van der Waals surface area contributed by atoms with Crippen molar-refractivity contribution in [3.63, 3.8) is 0 Å². The number of carbonyl (C=O) groups is 1. The molecule has 5 nitrogen and oxygen atoms in total. The van der Waals surface area contributed by atoms with Crippen LogP contribution >= 0.6 is 11.3 Å². The Balaban J connectivity index is 0.000000183. The van der Waals surface area contributed by atoms with Gasteiger partial charge in [-0.1, -0.05) is 72.8 Å². The number of rotatable bonds is 11. The van der Waals surface area contributed by atoms with E-state index >= 15 is 0 Å². The van der Waals surface area contributed by atoms with Crippen LogP contribution in [0.15, 0.2) is 90.3 Å². The van der Waals surface area contributed by atoms with Crippen molar-refractivity contribution in [2.24, 2.45) is 11.7 Å². The molecule has 39 heavy (non-hydrogen) atoms. The molecule has 206 valence electrons. The molecule has 0 saturated heterocycles. The fourth-order valence-electron chi connectivity index (χ4n) is 5.34. The van der Waals surface area contributed by atoms with Gasteiger partial charge in [-0.15, -0.1) is 11.3 Å². The van der Waals surface area contributed by atoms with Gasteiger partial charge in [-0.05, 0) is 74.8 Å². The first-order chi connectivity index (χ1) is 19.1. The van der Waals surface area contributed by atoms with E-state index in [2.05, 4.69) is 77.4 Å². The summed E-state index contributed by atoms with van der Waals surface area (Å²) in [7, 11) is 1.98. The first kappa shape index (κ1) is 28.8. The van der Waals surface area contributed by atoms with Crippen LogP contribution in [0, 0.1) is 5.92 Å². The largest absolute Gasteiger partial charge is 0.484 e. The maximum atomic E-state index is 12.7. The summed E-state index contributed by atoms with van der Waals surface area (Å²) in [6.07, 6.45) is 1.95. The number of carbonyl (C=O) groups excluding carboxylic acids is 1. The standard InChI is InChI=1S/C18H19NOS.C15H22N2O/c1-19-12-11-17(18-10-5-13-21-18)20-16-9-4-7-14-6-2-3-8-15(14)16;1-3-17(4-2)14(18)15(10-13(15)11-16)12-8-6-5-7-9-12/h2-10,13,17,19H,11-12H2,1H3;5-9,13H,3-4,10-11,16H2,1-2H3/t17-;13-,15+/m01/s1. The number of nitrogens with one attached hydrogen (secondary N) is 1. The molecule has 1 saturated carbocycles. The van der Waals surface area contributed by atoms with Gasteiger partial charge in [0.05, 0.1) is 5.41 Å². The molecule has 3 aromatic carbocycles. The molecule has 6 heteroatoms. The van der Waals surface area contributed by atoms with Gasteiger partial charge in [0.1, 0.15) is 11.9 Å². The van der Waals surface area contributed by atoms with Crippen molar-refractivity contribution in [2.75, 3.05) is 33.2 Å². The number of nitrogens with two attached hydrogens (primary N) is 1. The molecule has 1 amide bonds. The Morgan fingerprint density at radius 2 is 1.74 bits per heavy atom. The predicted molar refractivity (Wildman–Crippen MR) is 163 cm³/mol. The van der Waals surface area contributed by atoms with Crippen LogP contribution in [0.2, 0.25) is 0 Å². The van der Waals surface area contributed by atoms with Gasteiger partial charge < -0.3 is 20.7 Å². The summed E-state index contributed by atoms with van der Waals surface area (Å²) in [5.74, 6) is 1.50. The van der Waals surface area contributed by atoms with Gasteiger partial charge in [-0.2, -0.15) is 0 Å². The number of thiophene rings is 1. The van der Waals surface area contributed by atoms with Crippen molar-refractivity contribution in [1.82, 2.24) is 10.2 Å². The third kappa shape index (κ3) is 6.52. The number of nitrogens with zero attached hydrogens (tertiary/aromatic N) is 1. The minimum absolute atomic E-state index is 0.100. The lowest BCUT2D eigenvalue weighted by Gasteiger charge is -2.26. The van der Waals surface area contributed by atoms with Crippen LogP contribution in [0.4, 0.5) is 0 Å². The molecule has 0 bridgehead atoms. The smallest absolute Gasteiger partial charge is 0.233 e. The van der Waals surface area contributed by atoms with E-state index in [0.29, 0.717) is 12.5 Å². The van der Waals surface area contributed by atoms with Crippen LogP contribution in [0.5, 0.6) is 5.75 Å². The van der Waals surface area contributed by atoms with Crippen LogP contribution in [-0.2, 0) is 10.2 Å². The monoisotopic (exact) mass is 543 g/mol. The molecule has 1 aromatic heterocycles. The van der Waals surface area contributed by atoms with Crippen molar-refractivity contribution < 1.29 is 9.53 Å². The van der Waals surface area contributed by atoms with Crippen LogP contribution in [0.25, 0.3) is 10.8 Å². The maximum absolute atomic E-state index is 12.7. The summed E-state index contributed by atoms with van der Waals surface area (Å²) in [6.45, 7) is 7.11. The molecule has 1 heterocycles. The fraction of sp³-hybridized carbons (Fsp3) is 0.364. The number of benzene rings is 3. The van der Waals surface area contributed by atoms with Gasteiger partial charge in [0.25, 0.3) is 0 Å². The second-order valence-electron chi connectivity index (χ2n) is 9.94. The Labute approximate surface area is 237 Å². The first-order valence-electron chi connectivity index (χ1n) is 14.0. The molecule has 0 aliphatic heterocycles. The van der Waals surface area contributed by atoms with Crippen molar-refractivity contribution in [3.8, 4) is 5.75 Å². The zero-order valence-corrected chi connectivity index (χ0v) is 24.1. The number of hydrogen-bond acceptors (Lipinski definition) is 5. The zero-order valence-electron chi connectivity index (χ0n) is 23.3. The molecular weight excluding hydrogens is 502 g/mol. The highest BCUT2D eigenvalue weighted by Gasteiger charge is 2.61. The topological polar surface area (TPSA) is 67.6 Å². The van der Waals surface area contributed by atoms with Crippen LogP contribution in [-0.4, -0.2) is 44.0 Å². The average molecular weight is 544 g/mol. The molecule has 0 spiro atoms. The number of likely N-dealkylation sites (N-methyl/N-ethyl adjacent to an activating group) is 1. The Kier molecular flexibility index (Phi) is 10.2. The lowest BCUT2D eigenvalue weighted by atomic mass is 9.91. The van der Waals surface area contributed by atoms with E-state index in [1.165, 1.54) is 15.6 Å². The second-order valence-corrected chi connectivity index (χ2v) is 10.9. The minimum Gasteiger partial charge on any atom is -0.484 e. The van der Waals surface area contributed by atoms with E-state index < -0.39 is 0 Å². The van der Waals surface area contributed by atoms with Crippen LogP contribution in [0.3, 0.4) is 0 Å². The summed E-state index contributed by atoms with van der Waals surface area (Å²) < 4.78 is 6.34. The molecule has 3 atom stereocenters. The van der Waals surface area contributed by atoms with E-state index in [1.54, 1.807) is 11.3 Å². The average Bonchev–Trinajstić information content (AvgIpc) is 3.49. The molecular formula is C33H41N3O2S. The van der Waals surface area contributed by atoms with Gasteiger partial charge in [-0.3, -0.25) is 4.79 Å². The Bertz CT molecular complexity index is 1300. The van der Waals surface area contributed by atoms with Gasteiger partial charge in [0.15, 0.2) is 0 Å². The van der Waals surface area contributed by atoms with Crippen LogP contribution < -0.4 is 15.8 Å². The molecule has 0 radical (unpaired) electrons. The van der Waals surface area contributed by atoms with Gasteiger partial charge >= 0.3 is 0 Å². The number of fused-ring (bicyclic) bond motifs is 1. The van der Waals surface area contributed by atoms with Crippen molar-refractivity contribution in [3.05, 3.63) is 101 Å². The molecule has 3 N–H and O–H groups in total. The summed E-state index contributed by atoms with van der Waals surface area (Å²) in [5, 5.41) is 7.70. The highest BCUT2D eigenvalue weighted by molar-refractivity contribution is 7.10. The Morgan fingerprint density at radius 1 is 1.03 bits per heavy atom. The molecule has 1 fully saturated rings. The second kappa shape index (κ2) is 13.7. The highest BCUT2D eigenvalue weighted by atomic mass is 32.1. The number of amides is 1. The fourth-order valence-corrected chi connectivity index (χ4v) is 6.13. The van der Waals surface area contributed by atoms with Gasteiger partial charge in [0, 0.05) is 29.8 Å². The summed E-state index contributed by atoms with van der Waals surface area (Å²) in [6, 6.07) is 28.9. The lowest BCUT2D eigenvalue weighted by Crippen LogP contribution is -2.40. The SMILES string of the molecule is CCN(CC)C(=O)[C@]1(c2ccccc2)C[C@@H]1CN.CNCC[C@H](Oc1cccc2ccccc12)c1cccs1. The minimum atomic E-state index is -0.345. The summed E-state index contributed by atoms with van der Waals surface area (Å²) in [4.78, 5) is 15.9. The van der Waals surface area contributed by atoms with E-state index in [4.69, 9.17) is 10.5 Å². The molecule has 1 aliphatic carbocycles. The third-order valence-corrected chi connectivity index (χ3v) is 8.61. The van der Waals surface area contributed by atoms with Gasteiger partial charge in [0.2, 0.25) is 5.91 Å². The maximum Gasteiger partial charge on any atom is 0.233 e. The first-order valence-corrected chi connectivity index (χ1v) is 14.8. The molecule has 1 aliphatic rings. The number of hydrogen-bond donors (Lipinski definition) is 2. The molecule has 5 rings (SSSR count). The van der Waals surface area contributed by atoms with E-state index in [9.17, 15) is 4.79 Å². The van der Waals surface area contributed by atoms with Crippen molar-refractivity contribution in [2.45, 2.75) is 38.2 Å². The van der Waals surface area contributed by atoms with Crippen molar-refractivity contribution in [1.29, 1.82) is 0 Å². The predicted octanol–water partition coefficient (Wildman–Crippen LogP) is 6.40. The summed E-state index contributed by atoms with van der Waals surface area (Å²) in [5.41, 5.74) is 6.57. The van der Waals surface area contributed by atoms with Crippen molar-refractivity contribution >= 4 is 28.0 Å². The van der Waals surface area contributed by atoms with E-state index in [1.807, 2.05) is 44.0 Å². The Morgan fingerprint density at radius 3 is 2.38 bits per heavy atom. The van der Waals surface area contributed by atoms with Gasteiger partial charge in [-0.25, -0.2) is 0 Å². The third-order valence-electron chi connectivity index (χ3n) is 7.65. The molecule has 0 unspecified atom stereocenters. The zero-order chi connectivity index (χ0) is 27.7. The highest BCUT2D eigenvalue weighted by Crippen LogP contribution is 2.54.